The fraction of sp³-hybridized carbons (Fsp3) is 0.857. The molecular formula is C14H25NO4. The van der Waals surface area contributed by atoms with Crippen LogP contribution in [-0.2, 0) is 14.3 Å². The number of ether oxygens (including phenoxy) is 2. The Hall–Kier alpha value is -1.26. The number of hydrogen-bond acceptors (Lipinski definition) is 4. The summed E-state index contributed by atoms with van der Waals surface area (Å²) in [5.74, 6) is -0.414. The summed E-state index contributed by atoms with van der Waals surface area (Å²) in [6.07, 6.45) is 2.06. The third kappa shape index (κ3) is 5.49. The summed E-state index contributed by atoms with van der Waals surface area (Å²) in [6.45, 7) is 8.96. The minimum absolute atomic E-state index is 0.199. The Balaban J connectivity index is 2.50. The summed E-state index contributed by atoms with van der Waals surface area (Å²) < 4.78 is 10.5. The third-order valence-electron chi connectivity index (χ3n) is 2.85. The minimum atomic E-state index is -0.507. The lowest BCUT2D eigenvalue weighted by atomic mass is 9.98. The highest BCUT2D eigenvalue weighted by Crippen LogP contribution is 2.20. The second kappa shape index (κ2) is 6.78. The summed E-state index contributed by atoms with van der Waals surface area (Å²) in [6, 6.07) is 0. The van der Waals surface area contributed by atoms with E-state index in [1.165, 1.54) is 0 Å². The maximum atomic E-state index is 11.9. The van der Waals surface area contributed by atoms with E-state index in [-0.39, 0.29) is 18.0 Å². The first-order valence-electron chi connectivity index (χ1n) is 6.98. The second-order valence-electron chi connectivity index (χ2n) is 5.93. The van der Waals surface area contributed by atoms with Gasteiger partial charge >= 0.3 is 12.1 Å². The lowest BCUT2D eigenvalue weighted by Gasteiger charge is -2.33. The molecule has 0 N–H and O–H groups in total. The van der Waals surface area contributed by atoms with Gasteiger partial charge in [0.05, 0.1) is 12.5 Å². The Bertz CT molecular complexity index is 322. The van der Waals surface area contributed by atoms with Crippen LogP contribution in [0, 0.1) is 5.92 Å². The van der Waals surface area contributed by atoms with Crippen LogP contribution in [-0.4, -0.2) is 42.3 Å². The zero-order valence-electron chi connectivity index (χ0n) is 12.4. The lowest BCUT2D eigenvalue weighted by molar-refractivity contribution is -0.150. The van der Waals surface area contributed by atoms with Crippen molar-refractivity contribution in [2.45, 2.75) is 52.6 Å². The van der Waals surface area contributed by atoms with Crippen molar-refractivity contribution in [2.24, 2.45) is 5.92 Å². The van der Waals surface area contributed by atoms with E-state index in [2.05, 4.69) is 0 Å². The first kappa shape index (κ1) is 15.8. The summed E-state index contributed by atoms with van der Waals surface area (Å²) in [4.78, 5) is 25.4. The van der Waals surface area contributed by atoms with E-state index in [0.29, 0.717) is 19.7 Å². The van der Waals surface area contributed by atoms with Crippen LogP contribution in [0.4, 0.5) is 4.79 Å². The van der Waals surface area contributed by atoms with Crippen LogP contribution >= 0.6 is 0 Å². The van der Waals surface area contributed by atoms with Crippen molar-refractivity contribution >= 4 is 12.1 Å². The molecule has 0 aliphatic carbocycles. The quantitative estimate of drug-likeness (QED) is 0.740. The van der Waals surface area contributed by atoms with Gasteiger partial charge in [-0.25, -0.2) is 4.79 Å². The minimum Gasteiger partial charge on any atom is -0.465 e. The van der Waals surface area contributed by atoms with Crippen LogP contribution in [0.15, 0.2) is 0 Å². The maximum absolute atomic E-state index is 11.9. The van der Waals surface area contributed by atoms with E-state index in [4.69, 9.17) is 9.47 Å². The average Bonchev–Trinajstić information content (AvgIpc) is 2.34. The lowest BCUT2D eigenvalue weighted by Crippen LogP contribution is -2.45. The van der Waals surface area contributed by atoms with E-state index < -0.39 is 5.60 Å². The molecule has 5 nitrogen and oxygen atoms in total. The average molecular weight is 271 g/mol. The first-order chi connectivity index (χ1) is 8.83. The molecule has 0 saturated carbocycles. The summed E-state index contributed by atoms with van der Waals surface area (Å²) in [5.41, 5.74) is -0.507. The topological polar surface area (TPSA) is 55.8 Å². The predicted octanol–water partition coefficient (Wildman–Crippen LogP) is 2.59. The monoisotopic (exact) mass is 271 g/mol. The van der Waals surface area contributed by atoms with Gasteiger partial charge in [0.2, 0.25) is 0 Å². The number of nitrogens with zero attached hydrogens (tertiary/aromatic N) is 1. The highest BCUT2D eigenvalue weighted by molar-refractivity contribution is 5.75. The van der Waals surface area contributed by atoms with Gasteiger partial charge in [-0.3, -0.25) is 4.79 Å². The van der Waals surface area contributed by atoms with Crippen LogP contribution < -0.4 is 0 Å². The fourth-order valence-electron chi connectivity index (χ4n) is 1.98. The number of hydrogen-bond donors (Lipinski definition) is 0. The Morgan fingerprint density at radius 2 is 2.00 bits per heavy atom. The van der Waals surface area contributed by atoms with Crippen LogP contribution in [0.25, 0.3) is 0 Å². The van der Waals surface area contributed by atoms with Crippen molar-refractivity contribution in [1.29, 1.82) is 0 Å². The number of carbonyl (C=O) groups is 2. The van der Waals surface area contributed by atoms with Crippen molar-refractivity contribution in [3.05, 3.63) is 0 Å². The Labute approximate surface area is 115 Å². The zero-order valence-corrected chi connectivity index (χ0v) is 12.4. The van der Waals surface area contributed by atoms with E-state index >= 15 is 0 Å². The van der Waals surface area contributed by atoms with Gasteiger partial charge in [-0.05, 0) is 40.0 Å². The van der Waals surface area contributed by atoms with Gasteiger partial charge in [-0.2, -0.15) is 0 Å². The van der Waals surface area contributed by atoms with E-state index in [0.717, 1.165) is 19.3 Å². The molecule has 1 aliphatic heterocycles. The maximum Gasteiger partial charge on any atom is 0.410 e. The first-order valence-corrected chi connectivity index (χ1v) is 6.98. The normalized spacial score (nSPS) is 20.0. The van der Waals surface area contributed by atoms with Crippen molar-refractivity contribution in [3.8, 4) is 0 Å². The molecular weight excluding hydrogens is 246 g/mol. The molecule has 1 rings (SSSR count). The Morgan fingerprint density at radius 3 is 2.58 bits per heavy atom. The molecule has 0 aromatic rings. The van der Waals surface area contributed by atoms with Gasteiger partial charge in [-0.1, -0.05) is 6.92 Å². The van der Waals surface area contributed by atoms with Gasteiger partial charge in [0.1, 0.15) is 5.60 Å². The molecule has 19 heavy (non-hydrogen) atoms. The number of esters is 1. The van der Waals surface area contributed by atoms with E-state index in [1.54, 1.807) is 4.90 Å². The standard InChI is InChI=1S/C14H25NO4/c1-5-9-18-12(16)11-7-6-8-15(10-11)13(17)19-14(2,3)4/h11H,5-10H2,1-4H3. The van der Waals surface area contributed by atoms with Crippen LogP contribution in [0.5, 0.6) is 0 Å². The number of piperidine rings is 1. The molecule has 0 aromatic carbocycles. The molecule has 1 saturated heterocycles. The zero-order chi connectivity index (χ0) is 14.5. The van der Waals surface area contributed by atoms with Gasteiger partial charge in [0, 0.05) is 13.1 Å². The molecule has 1 aliphatic rings. The molecule has 1 fully saturated rings. The summed E-state index contributed by atoms with van der Waals surface area (Å²) >= 11 is 0. The molecule has 0 bridgehead atoms. The van der Waals surface area contributed by atoms with Crippen molar-refractivity contribution < 1.29 is 19.1 Å². The van der Waals surface area contributed by atoms with Gasteiger partial charge < -0.3 is 14.4 Å². The molecule has 1 amide bonds. The molecule has 1 atom stereocenters. The third-order valence-corrected chi connectivity index (χ3v) is 2.85. The van der Waals surface area contributed by atoms with Crippen molar-refractivity contribution in [2.75, 3.05) is 19.7 Å². The number of carbonyl (C=O) groups excluding carboxylic acids is 2. The smallest absolute Gasteiger partial charge is 0.410 e. The molecule has 110 valence electrons. The molecule has 0 spiro atoms. The fourth-order valence-corrected chi connectivity index (χ4v) is 1.98. The van der Waals surface area contributed by atoms with Gasteiger partial charge in [0.15, 0.2) is 0 Å². The summed E-state index contributed by atoms with van der Waals surface area (Å²) in [5, 5.41) is 0. The highest BCUT2D eigenvalue weighted by atomic mass is 16.6. The number of amides is 1. The molecule has 5 heteroatoms. The number of rotatable bonds is 3. The van der Waals surface area contributed by atoms with Crippen LogP contribution in [0.2, 0.25) is 0 Å². The molecule has 1 unspecified atom stereocenters. The van der Waals surface area contributed by atoms with E-state index in [1.807, 2.05) is 27.7 Å². The van der Waals surface area contributed by atoms with Crippen molar-refractivity contribution in [1.82, 2.24) is 4.90 Å². The SMILES string of the molecule is CCCOC(=O)C1CCCN(C(=O)OC(C)(C)C)C1. The van der Waals surface area contributed by atoms with Crippen molar-refractivity contribution in [3.63, 3.8) is 0 Å². The molecule has 0 radical (unpaired) electrons. The Morgan fingerprint density at radius 1 is 1.32 bits per heavy atom. The Kier molecular flexibility index (Phi) is 5.63. The van der Waals surface area contributed by atoms with Gasteiger partial charge in [0.25, 0.3) is 0 Å². The van der Waals surface area contributed by atoms with E-state index in [9.17, 15) is 9.59 Å². The molecule has 0 aromatic heterocycles. The predicted molar refractivity (Wildman–Crippen MR) is 71.8 cm³/mol. The van der Waals surface area contributed by atoms with Gasteiger partial charge in [-0.15, -0.1) is 0 Å². The summed E-state index contributed by atoms with van der Waals surface area (Å²) in [7, 11) is 0. The number of likely N-dealkylation sites (tertiary alicyclic amines) is 1. The van der Waals surface area contributed by atoms with Crippen LogP contribution in [0.3, 0.4) is 0 Å². The molecule has 1 heterocycles. The highest BCUT2D eigenvalue weighted by Gasteiger charge is 2.31. The second-order valence-corrected chi connectivity index (χ2v) is 5.93. The van der Waals surface area contributed by atoms with Crippen LogP contribution in [0.1, 0.15) is 47.0 Å². The largest absolute Gasteiger partial charge is 0.465 e.